The molecule has 2 aromatic carbocycles. The van der Waals surface area contributed by atoms with Crippen molar-refractivity contribution in [2.75, 3.05) is 25.1 Å². The number of thiophene rings is 1. The number of ether oxygens (including phenoxy) is 3. The zero-order valence-electron chi connectivity index (χ0n) is 15.4. The molecular formula is C20H15ClN2O6S. The Labute approximate surface area is 179 Å². The predicted molar refractivity (Wildman–Crippen MR) is 112 cm³/mol. The third kappa shape index (κ3) is 4.32. The van der Waals surface area contributed by atoms with E-state index >= 15 is 0 Å². The maximum Gasteiger partial charge on any atom is 0.350 e. The Kier molecular flexibility index (Phi) is 5.73. The molecule has 0 bridgehead atoms. The molecule has 1 aliphatic rings. The summed E-state index contributed by atoms with van der Waals surface area (Å²) in [6.07, 6.45) is 0. The highest BCUT2D eigenvalue weighted by Crippen LogP contribution is 2.35. The van der Waals surface area contributed by atoms with Crippen LogP contribution in [0.5, 0.6) is 11.5 Å². The van der Waals surface area contributed by atoms with Crippen LogP contribution in [0.25, 0.3) is 10.1 Å². The summed E-state index contributed by atoms with van der Waals surface area (Å²) < 4.78 is 16.7. The van der Waals surface area contributed by atoms with Gasteiger partial charge in [-0.3, -0.25) is 10.1 Å². The molecule has 3 amide bonds. The van der Waals surface area contributed by atoms with Crippen molar-refractivity contribution in [2.45, 2.75) is 0 Å². The van der Waals surface area contributed by atoms with Gasteiger partial charge in [-0.15, -0.1) is 11.3 Å². The number of urea groups is 1. The molecule has 0 atom stereocenters. The first-order chi connectivity index (χ1) is 14.5. The summed E-state index contributed by atoms with van der Waals surface area (Å²) in [5.41, 5.74) is 0.415. The summed E-state index contributed by atoms with van der Waals surface area (Å²) in [5, 5.41) is 5.60. The maximum absolute atomic E-state index is 12.3. The number of halogens is 1. The molecular weight excluding hydrogens is 432 g/mol. The minimum absolute atomic E-state index is 0.200. The number of carbonyl (C=O) groups is 3. The topological polar surface area (TPSA) is 103 Å². The number of hydrogen-bond acceptors (Lipinski definition) is 7. The molecule has 0 fully saturated rings. The third-order valence-corrected chi connectivity index (χ3v) is 5.76. The van der Waals surface area contributed by atoms with Gasteiger partial charge in [-0.2, -0.15) is 0 Å². The average Bonchev–Trinajstić information content (AvgIpc) is 3.09. The van der Waals surface area contributed by atoms with Crippen LogP contribution in [0, 0.1) is 0 Å². The first kappa shape index (κ1) is 20.0. The highest BCUT2D eigenvalue weighted by Gasteiger charge is 2.20. The largest absolute Gasteiger partial charge is 0.486 e. The van der Waals surface area contributed by atoms with Crippen molar-refractivity contribution >= 4 is 56.6 Å². The first-order valence-electron chi connectivity index (χ1n) is 8.86. The van der Waals surface area contributed by atoms with E-state index in [9.17, 15) is 14.4 Å². The molecule has 0 unspecified atom stereocenters. The number of imide groups is 1. The molecule has 0 aliphatic carbocycles. The molecule has 154 valence electrons. The van der Waals surface area contributed by atoms with Crippen LogP contribution in [-0.2, 0) is 9.53 Å². The standard InChI is InChI=1S/C20H15ClN2O6S/c21-17-12-3-1-2-4-15(12)30-18(17)19(25)29-10-16(24)23-20(26)22-11-5-6-13-14(9-11)28-8-7-27-13/h1-6,9H,7-8,10H2,(H2,22,23,24,26). The smallest absolute Gasteiger partial charge is 0.350 e. The summed E-state index contributed by atoms with van der Waals surface area (Å²) >= 11 is 7.39. The summed E-state index contributed by atoms with van der Waals surface area (Å²) in [5.74, 6) is -0.436. The fourth-order valence-corrected chi connectivity index (χ4v) is 4.19. The summed E-state index contributed by atoms with van der Waals surface area (Å²) in [4.78, 5) is 36.4. The van der Waals surface area contributed by atoms with Crippen molar-refractivity contribution in [3.8, 4) is 11.5 Å². The van der Waals surface area contributed by atoms with Crippen molar-refractivity contribution in [2.24, 2.45) is 0 Å². The zero-order valence-corrected chi connectivity index (χ0v) is 17.0. The lowest BCUT2D eigenvalue weighted by Crippen LogP contribution is -2.37. The lowest BCUT2D eigenvalue weighted by Gasteiger charge is -2.19. The van der Waals surface area contributed by atoms with Crippen LogP contribution in [0.4, 0.5) is 10.5 Å². The zero-order chi connectivity index (χ0) is 21.1. The maximum atomic E-state index is 12.3. The SMILES string of the molecule is O=C(COC(=O)c1sc2ccccc2c1Cl)NC(=O)Nc1ccc2c(c1)OCCO2. The molecule has 1 aromatic heterocycles. The number of anilines is 1. The highest BCUT2D eigenvalue weighted by atomic mass is 35.5. The van der Waals surface area contributed by atoms with Crippen molar-refractivity contribution in [3.05, 3.63) is 52.4 Å². The number of fused-ring (bicyclic) bond motifs is 2. The van der Waals surface area contributed by atoms with E-state index in [1.54, 1.807) is 24.3 Å². The van der Waals surface area contributed by atoms with E-state index in [2.05, 4.69) is 10.6 Å². The van der Waals surface area contributed by atoms with E-state index in [1.165, 1.54) is 11.3 Å². The van der Waals surface area contributed by atoms with Crippen LogP contribution in [0.3, 0.4) is 0 Å². The normalized spacial score (nSPS) is 12.3. The predicted octanol–water partition coefficient (Wildman–Crippen LogP) is 3.83. The number of benzene rings is 2. The van der Waals surface area contributed by atoms with Gasteiger partial charge >= 0.3 is 12.0 Å². The number of rotatable bonds is 4. The van der Waals surface area contributed by atoms with Crippen LogP contribution in [0.15, 0.2) is 42.5 Å². The van der Waals surface area contributed by atoms with Crippen LogP contribution in [0.1, 0.15) is 9.67 Å². The van der Waals surface area contributed by atoms with E-state index in [4.69, 9.17) is 25.8 Å². The number of nitrogens with one attached hydrogen (secondary N) is 2. The second-order valence-corrected chi connectivity index (χ2v) is 7.61. The minimum atomic E-state index is -0.782. The van der Waals surface area contributed by atoms with E-state index in [0.29, 0.717) is 30.4 Å². The third-order valence-electron chi connectivity index (χ3n) is 4.11. The van der Waals surface area contributed by atoms with Crippen molar-refractivity contribution in [1.29, 1.82) is 0 Å². The summed E-state index contributed by atoms with van der Waals surface area (Å²) in [6.45, 7) is 0.245. The first-order valence-corrected chi connectivity index (χ1v) is 10.1. The van der Waals surface area contributed by atoms with E-state index in [-0.39, 0.29) is 9.90 Å². The molecule has 0 saturated heterocycles. The van der Waals surface area contributed by atoms with Gasteiger partial charge in [0.1, 0.15) is 18.1 Å². The lowest BCUT2D eigenvalue weighted by atomic mass is 10.2. The molecule has 0 saturated carbocycles. The Hall–Kier alpha value is -3.30. The molecule has 0 radical (unpaired) electrons. The van der Waals surface area contributed by atoms with Gasteiger partial charge in [-0.05, 0) is 18.2 Å². The number of carbonyl (C=O) groups excluding carboxylic acids is 3. The van der Waals surface area contributed by atoms with Gasteiger partial charge in [-0.25, -0.2) is 9.59 Å². The molecule has 1 aliphatic heterocycles. The number of hydrogen-bond donors (Lipinski definition) is 2. The molecule has 2 N–H and O–H groups in total. The quantitative estimate of drug-likeness (QED) is 0.590. The monoisotopic (exact) mass is 446 g/mol. The van der Waals surface area contributed by atoms with E-state index < -0.39 is 24.5 Å². The van der Waals surface area contributed by atoms with Crippen LogP contribution >= 0.6 is 22.9 Å². The second kappa shape index (κ2) is 8.60. The van der Waals surface area contributed by atoms with Gasteiger partial charge < -0.3 is 19.5 Å². The van der Waals surface area contributed by atoms with Crippen molar-refractivity contribution < 1.29 is 28.6 Å². The Balaban J connectivity index is 1.30. The summed E-state index contributed by atoms with van der Waals surface area (Å²) in [6, 6.07) is 11.3. The molecule has 0 spiro atoms. The van der Waals surface area contributed by atoms with Crippen molar-refractivity contribution in [3.63, 3.8) is 0 Å². The Morgan fingerprint density at radius 2 is 1.83 bits per heavy atom. The fraction of sp³-hybridized carbons (Fsp3) is 0.150. The van der Waals surface area contributed by atoms with Gasteiger partial charge in [0.15, 0.2) is 18.1 Å². The molecule has 30 heavy (non-hydrogen) atoms. The Morgan fingerprint density at radius 1 is 1.07 bits per heavy atom. The van der Waals surface area contributed by atoms with Gasteiger partial charge in [0.05, 0.1) is 5.02 Å². The molecule has 8 nitrogen and oxygen atoms in total. The van der Waals surface area contributed by atoms with Gasteiger partial charge in [0.2, 0.25) is 0 Å². The van der Waals surface area contributed by atoms with Gasteiger partial charge in [-0.1, -0.05) is 29.8 Å². The number of amides is 3. The molecule has 2 heterocycles. The lowest BCUT2D eigenvalue weighted by molar-refractivity contribution is -0.123. The highest BCUT2D eigenvalue weighted by molar-refractivity contribution is 7.21. The Morgan fingerprint density at radius 3 is 2.63 bits per heavy atom. The molecule has 10 heteroatoms. The van der Waals surface area contributed by atoms with Gasteiger partial charge in [0, 0.05) is 21.8 Å². The van der Waals surface area contributed by atoms with Gasteiger partial charge in [0.25, 0.3) is 5.91 Å². The Bertz CT molecular complexity index is 1150. The number of esters is 1. The van der Waals surface area contributed by atoms with Crippen LogP contribution in [0.2, 0.25) is 5.02 Å². The average molecular weight is 447 g/mol. The van der Waals surface area contributed by atoms with Crippen molar-refractivity contribution in [1.82, 2.24) is 5.32 Å². The fourth-order valence-electron chi connectivity index (χ4n) is 2.79. The van der Waals surface area contributed by atoms with E-state index in [1.807, 2.05) is 18.2 Å². The minimum Gasteiger partial charge on any atom is -0.486 e. The van der Waals surface area contributed by atoms with Crippen LogP contribution < -0.4 is 20.1 Å². The molecule has 3 aromatic rings. The van der Waals surface area contributed by atoms with E-state index in [0.717, 1.165) is 10.1 Å². The van der Waals surface area contributed by atoms with Crippen LogP contribution in [-0.4, -0.2) is 37.7 Å². The second-order valence-electron chi connectivity index (χ2n) is 6.18. The molecule has 4 rings (SSSR count). The summed E-state index contributed by atoms with van der Waals surface area (Å²) in [7, 11) is 0.